The van der Waals surface area contributed by atoms with Crippen molar-refractivity contribution in [1.82, 2.24) is 4.98 Å². The van der Waals surface area contributed by atoms with E-state index in [1.54, 1.807) is 7.11 Å². The van der Waals surface area contributed by atoms with Gasteiger partial charge in [0.2, 0.25) is 0 Å². The van der Waals surface area contributed by atoms with Crippen LogP contribution in [-0.4, -0.2) is 12.1 Å². The second-order valence-corrected chi connectivity index (χ2v) is 3.79. The number of hydrogen-bond acceptors (Lipinski definition) is 3. The van der Waals surface area contributed by atoms with Gasteiger partial charge in [0, 0.05) is 11.9 Å². The third-order valence-electron chi connectivity index (χ3n) is 2.58. The first kappa shape index (κ1) is 11.5. The second-order valence-electron chi connectivity index (χ2n) is 3.79. The molecule has 0 bridgehead atoms. The minimum absolute atomic E-state index is 0.857. The van der Waals surface area contributed by atoms with Crippen molar-refractivity contribution in [2.75, 3.05) is 12.4 Å². The highest BCUT2D eigenvalue weighted by Crippen LogP contribution is 2.19. The summed E-state index contributed by atoms with van der Waals surface area (Å²) in [5.41, 5.74) is 3.26. The van der Waals surface area contributed by atoms with E-state index < -0.39 is 0 Å². The van der Waals surface area contributed by atoms with E-state index in [-0.39, 0.29) is 0 Å². The molecule has 0 unspecified atom stereocenters. The molecule has 0 amide bonds. The van der Waals surface area contributed by atoms with Gasteiger partial charge in [-0.15, -0.1) is 0 Å². The van der Waals surface area contributed by atoms with Crippen LogP contribution in [0.3, 0.4) is 0 Å². The smallest absolute Gasteiger partial charge is 0.119 e. The lowest BCUT2D eigenvalue weighted by molar-refractivity contribution is 0.415. The molecule has 2 rings (SSSR count). The molecule has 17 heavy (non-hydrogen) atoms. The number of aromatic nitrogens is 1. The van der Waals surface area contributed by atoms with Crippen molar-refractivity contribution in [2.24, 2.45) is 0 Å². The predicted molar refractivity (Wildman–Crippen MR) is 69.9 cm³/mol. The van der Waals surface area contributed by atoms with E-state index in [2.05, 4.69) is 23.3 Å². The number of nitrogens with one attached hydrogen (secondary N) is 1. The minimum Gasteiger partial charge on any atom is -0.497 e. The molecular weight excluding hydrogens is 212 g/mol. The molecule has 3 heteroatoms. The molecule has 0 atom stereocenters. The SMILES string of the molecule is CCc1cncc(Nc2ccc(OC)cc2)c1. The van der Waals surface area contributed by atoms with Gasteiger partial charge in [0.25, 0.3) is 0 Å². The number of nitrogens with zero attached hydrogens (tertiary/aromatic N) is 1. The van der Waals surface area contributed by atoms with Gasteiger partial charge in [-0.1, -0.05) is 6.92 Å². The molecule has 0 fully saturated rings. The molecule has 0 aliphatic heterocycles. The lowest BCUT2D eigenvalue weighted by atomic mass is 10.2. The van der Waals surface area contributed by atoms with Crippen LogP contribution >= 0.6 is 0 Å². The molecule has 1 N–H and O–H groups in total. The maximum Gasteiger partial charge on any atom is 0.119 e. The number of pyridine rings is 1. The summed E-state index contributed by atoms with van der Waals surface area (Å²) in [7, 11) is 1.66. The summed E-state index contributed by atoms with van der Waals surface area (Å²) >= 11 is 0. The number of rotatable bonds is 4. The van der Waals surface area contributed by atoms with Crippen LogP contribution in [0.1, 0.15) is 12.5 Å². The molecule has 0 aliphatic carbocycles. The fourth-order valence-corrected chi connectivity index (χ4v) is 1.59. The number of aryl methyl sites for hydroxylation is 1. The Morgan fingerprint density at radius 2 is 1.88 bits per heavy atom. The summed E-state index contributed by atoms with van der Waals surface area (Å²) in [6.45, 7) is 2.12. The fourth-order valence-electron chi connectivity index (χ4n) is 1.59. The van der Waals surface area contributed by atoms with Gasteiger partial charge in [0.15, 0.2) is 0 Å². The van der Waals surface area contributed by atoms with E-state index in [4.69, 9.17) is 4.74 Å². The molecule has 0 spiro atoms. The van der Waals surface area contributed by atoms with Crippen LogP contribution in [0.25, 0.3) is 0 Å². The standard InChI is InChI=1S/C14H16N2O/c1-3-11-8-13(10-15-9-11)16-12-4-6-14(17-2)7-5-12/h4-10,16H,3H2,1-2H3. The number of anilines is 2. The lowest BCUT2D eigenvalue weighted by Crippen LogP contribution is -1.93. The number of benzene rings is 1. The maximum absolute atomic E-state index is 5.12. The summed E-state index contributed by atoms with van der Waals surface area (Å²) in [5.74, 6) is 0.857. The van der Waals surface area contributed by atoms with E-state index in [0.717, 1.165) is 23.5 Å². The molecule has 0 saturated heterocycles. The van der Waals surface area contributed by atoms with Gasteiger partial charge < -0.3 is 10.1 Å². The molecule has 2 aromatic rings. The Morgan fingerprint density at radius 1 is 1.12 bits per heavy atom. The van der Waals surface area contributed by atoms with E-state index in [9.17, 15) is 0 Å². The second kappa shape index (κ2) is 5.34. The van der Waals surface area contributed by atoms with Crippen molar-refractivity contribution in [2.45, 2.75) is 13.3 Å². The minimum atomic E-state index is 0.857. The van der Waals surface area contributed by atoms with Crippen molar-refractivity contribution in [3.8, 4) is 5.75 Å². The van der Waals surface area contributed by atoms with Gasteiger partial charge in [-0.3, -0.25) is 4.98 Å². The van der Waals surface area contributed by atoms with E-state index in [0.29, 0.717) is 0 Å². The van der Waals surface area contributed by atoms with Crippen LogP contribution < -0.4 is 10.1 Å². The average Bonchev–Trinajstić information content (AvgIpc) is 2.40. The highest BCUT2D eigenvalue weighted by molar-refractivity contribution is 5.59. The van der Waals surface area contributed by atoms with Gasteiger partial charge in [0.1, 0.15) is 5.75 Å². The Bertz CT molecular complexity index is 480. The van der Waals surface area contributed by atoms with E-state index >= 15 is 0 Å². The monoisotopic (exact) mass is 228 g/mol. The van der Waals surface area contributed by atoms with Crippen LogP contribution in [0.4, 0.5) is 11.4 Å². The topological polar surface area (TPSA) is 34.2 Å². The third kappa shape index (κ3) is 2.97. The Balaban J connectivity index is 2.13. The first-order chi connectivity index (χ1) is 8.31. The fraction of sp³-hybridized carbons (Fsp3) is 0.214. The Labute approximate surface area is 101 Å². The van der Waals surface area contributed by atoms with Crippen molar-refractivity contribution < 1.29 is 4.74 Å². The molecular formula is C14H16N2O. The summed E-state index contributed by atoms with van der Waals surface area (Å²) in [4.78, 5) is 4.20. The maximum atomic E-state index is 5.12. The Kier molecular flexibility index (Phi) is 3.60. The van der Waals surface area contributed by atoms with Gasteiger partial charge in [0.05, 0.1) is 19.0 Å². The van der Waals surface area contributed by atoms with E-state index in [1.807, 2.05) is 36.7 Å². The van der Waals surface area contributed by atoms with Crippen LogP contribution in [-0.2, 0) is 6.42 Å². The lowest BCUT2D eigenvalue weighted by Gasteiger charge is -2.08. The van der Waals surface area contributed by atoms with Crippen molar-refractivity contribution >= 4 is 11.4 Å². The predicted octanol–water partition coefficient (Wildman–Crippen LogP) is 3.40. The molecule has 0 saturated carbocycles. The molecule has 1 aromatic carbocycles. The molecule has 0 radical (unpaired) electrons. The number of methoxy groups -OCH3 is 1. The first-order valence-electron chi connectivity index (χ1n) is 5.67. The summed E-state index contributed by atoms with van der Waals surface area (Å²) in [6, 6.07) is 9.94. The number of hydrogen-bond donors (Lipinski definition) is 1. The molecule has 1 heterocycles. The van der Waals surface area contributed by atoms with Crippen LogP contribution in [0, 0.1) is 0 Å². The summed E-state index contributed by atoms with van der Waals surface area (Å²) < 4.78 is 5.12. The zero-order chi connectivity index (χ0) is 12.1. The van der Waals surface area contributed by atoms with Gasteiger partial charge in [-0.05, 0) is 42.3 Å². The quantitative estimate of drug-likeness (QED) is 0.870. The zero-order valence-electron chi connectivity index (χ0n) is 10.1. The Hall–Kier alpha value is -2.03. The van der Waals surface area contributed by atoms with Gasteiger partial charge in [-0.2, -0.15) is 0 Å². The molecule has 0 aliphatic rings. The van der Waals surface area contributed by atoms with Crippen molar-refractivity contribution in [3.63, 3.8) is 0 Å². The third-order valence-corrected chi connectivity index (χ3v) is 2.58. The Morgan fingerprint density at radius 3 is 2.53 bits per heavy atom. The highest BCUT2D eigenvalue weighted by Gasteiger charge is 1.97. The molecule has 3 nitrogen and oxygen atoms in total. The van der Waals surface area contributed by atoms with Crippen LogP contribution in [0.2, 0.25) is 0 Å². The molecule has 88 valence electrons. The normalized spacial score (nSPS) is 10.0. The highest BCUT2D eigenvalue weighted by atomic mass is 16.5. The number of ether oxygens (including phenoxy) is 1. The van der Waals surface area contributed by atoms with Crippen molar-refractivity contribution in [1.29, 1.82) is 0 Å². The summed E-state index contributed by atoms with van der Waals surface area (Å²) in [6.07, 6.45) is 4.70. The largest absolute Gasteiger partial charge is 0.497 e. The van der Waals surface area contributed by atoms with Gasteiger partial charge >= 0.3 is 0 Å². The van der Waals surface area contributed by atoms with Crippen LogP contribution in [0.15, 0.2) is 42.7 Å². The zero-order valence-corrected chi connectivity index (χ0v) is 10.1. The van der Waals surface area contributed by atoms with Crippen LogP contribution in [0.5, 0.6) is 5.75 Å². The van der Waals surface area contributed by atoms with Gasteiger partial charge in [-0.25, -0.2) is 0 Å². The first-order valence-corrected chi connectivity index (χ1v) is 5.67. The summed E-state index contributed by atoms with van der Waals surface area (Å²) in [5, 5.41) is 3.31. The molecule has 1 aromatic heterocycles. The average molecular weight is 228 g/mol. The van der Waals surface area contributed by atoms with E-state index in [1.165, 1.54) is 5.56 Å². The van der Waals surface area contributed by atoms with Crippen molar-refractivity contribution in [3.05, 3.63) is 48.3 Å².